The molecule has 0 aromatic rings. The summed E-state index contributed by atoms with van der Waals surface area (Å²) < 4.78 is 0. The molecule has 1 aliphatic carbocycles. The number of amides is 1. The highest BCUT2D eigenvalue weighted by molar-refractivity contribution is 5.79. The molecule has 1 saturated heterocycles. The summed E-state index contributed by atoms with van der Waals surface area (Å²) in [5.74, 6) is 1.01. The fourth-order valence-electron chi connectivity index (χ4n) is 3.57. The van der Waals surface area contributed by atoms with Gasteiger partial charge in [-0.25, -0.2) is 0 Å². The molecule has 4 nitrogen and oxygen atoms in total. The fourth-order valence-corrected chi connectivity index (χ4v) is 3.57. The van der Waals surface area contributed by atoms with Gasteiger partial charge in [0.2, 0.25) is 5.91 Å². The first-order chi connectivity index (χ1) is 9.52. The molecule has 1 amide bonds. The lowest BCUT2D eigenvalue weighted by atomic mass is 9.77. The standard InChI is InChI=1S/C16H31N3O/c1-4-13(3)18-7-9-19(10-8-18)16(20)15-11-14(17)6-5-12(15)2/h12-15H,4-11,17H2,1-3H3. The zero-order valence-electron chi connectivity index (χ0n) is 13.3. The van der Waals surface area contributed by atoms with Gasteiger partial charge in [-0.15, -0.1) is 0 Å². The number of rotatable bonds is 3. The number of carbonyl (C=O) groups is 1. The van der Waals surface area contributed by atoms with Crippen LogP contribution < -0.4 is 5.73 Å². The topological polar surface area (TPSA) is 49.6 Å². The van der Waals surface area contributed by atoms with Gasteiger partial charge in [0.25, 0.3) is 0 Å². The van der Waals surface area contributed by atoms with Gasteiger partial charge in [0, 0.05) is 44.2 Å². The second-order valence-electron chi connectivity index (χ2n) is 6.78. The third-order valence-electron chi connectivity index (χ3n) is 5.39. The predicted octanol–water partition coefficient (Wildman–Crippen LogP) is 1.69. The third-order valence-corrected chi connectivity index (χ3v) is 5.39. The number of nitrogens with zero attached hydrogens (tertiary/aromatic N) is 2. The minimum Gasteiger partial charge on any atom is -0.340 e. The van der Waals surface area contributed by atoms with Gasteiger partial charge in [0.05, 0.1) is 0 Å². The number of hydrogen-bond donors (Lipinski definition) is 1. The predicted molar refractivity (Wildman–Crippen MR) is 82.4 cm³/mol. The van der Waals surface area contributed by atoms with Crippen molar-refractivity contribution in [3.05, 3.63) is 0 Å². The average Bonchev–Trinajstić information content (AvgIpc) is 2.48. The monoisotopic (exact) mass is 281 g/mol. The molecule has 2 aliphatic rings. The first-order valence-corrected chi connectivity index (χ1v) is 8.31. The molecule has 1 aliphatic heterocycles. The summed E-state index contributed by atoms with van der Waals surface area (Å²) in [6.07, 6.45) is 4.24. The largest absolute Gasteiger partial charge is 0.340 e. The summed E-state index contributed by atoms with van der Waals surface area (Å²) in [5.41, 5.74) is 6.06. The Balaban J connectivity index is 1.88. The minimum absolute atomic E-state index is 0.161. The fraction of sp³-hybridized carbons (Fsp3) is 0.938. The van der Waals surface area contributed by atoms with Crippen LogP contribution in [0.2, 0.25) is 0 Å². The van der Waals surface area contributed by atoms with Crippen LogP contribution in [-0.2, 0) is 4.79 Å². The molecule has 4 unspecified atom stereocenters. The van der Waals surface area contributed by atoms with E-state index in [2.05, 4.69) is 30.6 Å². The van der Waals surface area contributed by atoms with E-state index in [1.165, 1.54) is 6.42 Å². The van der Waals surface area contributed by atoms with E-state index < -0.39 is 0 Å². The van der Waals surface area contributed by atoms with Gasteiger partial charge in [-0.05, 0) is 38.5 Å². The van der Waals surface area contributed by atoms with Crippen LogP contribution in [0.3, 0.4) is 0 Å². The van der Waals surface area contributed by atoms with Crippen LogP contribution >= 0.6 is 0 Å². The van der Waals surface area contributed by atoms with Gasteiger partial charge in [-0.3, -0.25) is 9.69 Å². The van der Waals surface area contributed by atoms with Gasteiger partial charge in [-0.2, -0.15) is 0 Å². The lowest BCUT2D eigenvalue weighted by Gasteiger charge is -2.41. The smallest absolute Gasteiger partial charge is 0.226 e. The SMILES string of the molecule is CCC(C)N1CCN(C(=O)C2CC(N)CCC2C)CC1. The minimum atomic E-state index is 0.161. The van der Waals surface area contributed by atoms with E-state index in [-0.39, 0.29) is 12.0 Å². The van der Waals surface area contributed by atoms with Crippen molar-refractivity contribution in [2.75, 3.05) is 26.2 Å². The molecule has 2 rings (SSSR count). The molecular weight excluding hydrogens is 250 g/mol. The average molecular weight is 281 g/mol. The van der Waals surface area contributed by atoms with Crippen LogP contribution in [0.15, 0.2) is 0 Å². The molecule has 4 atom stereocenters. The Morgan fingerprint density at radius 1 is 1.25 bits per heavy atom. The number of carbonyl (C=O) groups excluding carboxylic acids is 1. The van der Waals surface area contributed by atoms with Gasteiger partial charge in [0.15, 0.2) is 0 Å². The summed E-state index contributed by atoms with van der Waals surface area (Å²) in [7, 11) is 0. The van der Waals surface area contributed by atoms with Crippen LogP contribution in [0.25, 0.3) is 0 Å². The van der Waals surface area contributed by atoms with Crippen LogP contribution in [0, 0.1) is 11.8 Å². The molecule has 4 heteroatoms. The normalized spacial score (nSPS) is 34.0. The van der Waals surface area contributed by atoms with Gasteiger partial charge in [0.1, 0.15) is 0 Å². The summed E-state index contributed by atoms with van der Waals surface area (Å²) in [5, 5.41) is 0. The Kier molecular flexibility index (Phi) is 5.44. The van der Waals surface area contributed by atoms with Gasteiger partial charge in [-0.1, -0.05) is 13.8 Å². The Hall–Kier alpha value is -0.610. The number of piperazine rings is 1. The molecule has 1 heterocycles. The zero-order chi connectivity index (χ0) is 14.7. The van der Waals surface area contributed by atoms with Crippen LogP contribution in [0.5, 0.6) is 0 Å². The maximum absolute atomic E-state index is 12.7. The second-order valence-corrected chi connectivity index (χ2v) is 6.78. The van der Waals surface area contributed by atoms with E-state index >= 15 is 0 Å². The summed E-state index contributed by atoms with van der Waals surface area (Å²) in [6.45, 7) is 10.5. The molecule has 0 bridgehead atoms. The summed E-state index contributed by atoms with van der Waals surface area (Å²) in [4.78, 5) is 17.3. The van der Waals surface area contributed by atoms with Crippen molar-refractivity contribution in [2.45, 2.75) is 58.5 Å². The van der Waals surface area contributed by atoms with Crippen LogP contribution in [-0.4, -0.2) is 54.0 Å². The Labute approximate surface area is 123 Å². The molecule has 0 radical (unpaired) electrons. The van der Waals surface area contributed by atoms with E-state index in [0.717, 1.165) is 45.4 Å². The van der Waals surface area contributed by atoms with E-state index in [0.29, 0.717) is 17.9 Å². The molecule has 20 heavy (non-hydrogen) atoms. The van der Waals surface area contributed by atoms with Crippen LogP contribution in [0.1, 0.15) is 46.5 Å². The number of nitrogens with two attached hydrogens (primary N) is 1. The highest BCUT2D eigenvalue weighted by atomic mass is 16.2. The molecule has 116 valence electrons. The molecular formula is C16H31N3O. The van der Waals surface area contributed by atoms with Crippen molar-refractivity contribution in [2.24, 2.45) is 17.6 Å². The molecule has 2 N–H and O–H groups in total. The highest BCUT2D eigenvalue weighted by Gasteiger charge is 2.35. The lowest BCUT2D eigenvalue weighted by Crippen LogP contribution is -2.54. The van der Waals surface area contributed by atoms with Gasteiger partial charge >= 0.3 is 0 Å². The van der Waals surface area contributed by atoms with Crippen molar-refractivity contribution in [1.82, 2.24) is 9.80 Å². The summed E-state index contributed by atoms with van der Waals surface area (Å²) in [6, 6.07) is 0.857. The Morgan fingerprint density at radius 3 is 2.50 bits per heavy atom. The van der Waals surface area contributed by atoms with E-state index in [9.17, 15) is 4.79 Å². The Bertz CT molecular complexity index is 326. The third kappa shape index (κ3) is 3.53. The maximum atomic E-state index is 12.7. The Morgan fingerprint density at radius 2 is 1.90 bits per heavy atom. The zero-order valence-corrected chi connectivity index (χ0v) is 13.3. The van der Waals surface area contributed by atoms with Crippen LogP contribution in [0.4, 0.5) is 0 Å². The van der Waals surface area contributed by atoms with Crippen molar-refractivity contribution in [3.8, 4) is 0 Å². The van der Waals surface area contributed by atoms with Gasteiger partial charge < -0.3 is 10.6 Å². The van der Waals surface area contributed by atoms with Crippen molar-refractivity contribution in [1.29, 1.82) is 0 Å². The quantitative estimate of drug-likeness (QED) is 0.856. The van der Waals surface area contributed by atoms with Crippen molar-refractivity contribution < 1.29 is 4.79 Å². The molecule has 0 spiro atoms. The van der Waals surface area contributed by atoms with E-state index in [4.69, 9.17) is 5.73 Å². The summed E-state index contributed by atoms with van der Waals surface area (Å²) >= 11 is 0. The molecule has 0 aromatic heterocycles. The highest BCUT2D eigenvalue weighted by Crippen LogP contribution is 2.30. The second kappa shape index (κ2) is 6.90. The van der Waals surface area contributed by atoms with E-state index in [1.54, 1.807) is 0 Å². The van der Waals surface area contributed by atoms with Crippen molar-refractivity contribution >= 4 is 5.91 Å². The van der Waals surface area contributed by atoms with E-state index in [1.807, 2.05) is 0 Å². The molecule has 0 aromatic carbocycles. The lowest BCUT2D eigenvalue weighted by molar-refractivity contribution is -0.140. The molecule has 2 fully saturated rings. The first-order valence-electron chi connectivity index (χ1n) is 8.31. The first kappa shape index (κ1) is 15.8. The van der Waals surface area contributed by atoms with Crippen molar-refractivity contribution in [3.63, 3.8) is 0 Å². The number of hydrogen-bond acceptors (Lipinski definition) is 3. The molecule has 1 saturated carbocycles. The maximum Gasteiger partial charge on any atom is 0.226 e.